The Morgan fingerprint density at radius 3 is 2.67 bits per heavy atom. The van der Waals surface area contributed by atoms with E-state index in [2.05, 4.69) is 15.3 Å². The third kappa shape index (κ3) is 3.40. The van der Waals surface area contributed by atoms with Gasteiger partial charge in [0.1, 0.15) is 11.5 Å². The van der Waals surface area contributed by atoms with Crippen molar-refractivity contribution in [3.63, 3.8) is 0 Å². The maximum Gasteiger partial charge on any atom is 0.274 e. The first-order valence-corrected chi connectivity index (χ1v) is 5.93. The number of rotatable bonds is 6. The van der Waals surface area contributed by atoms with Crippen molar-refractivity contribution in [1.29, 1.82) is 0 Å². The Labute approximate surface area is 107 Å². The second-order valence-electron chi connectivity index (χ2n) is 3.93. The number of amides is 1. The third-order valence-corrected chi connectivity index (χ3v) is 2.67. The van der Waals surface area contributed by atoms with Gasteiger partial charge in [-0.05, 0) is 13.8 Å². The Morgan fingerprint density at radius 1 is 1.50 bits per heavy atom. The molecule has 1 atom stereocenters. The zero-order chi connectivity index (χ0) is 13.5. The maximum absolute atomic E-state index is 12.2. The number of nitrogens with zero attached hydrogens (tertiary/aromatic N) is 3. The molecule has 1 aromatic rings. The van der Waals surface area contributed by atoms with Crippen LogP contribution in [-0.2, 0) is 4.74 Å². The summed E-state index contributed by atoms with van der Waals surface area (Å²) in [4.78, 5) is 22.1. The molecule has 0 radical (unpaired) electrons. The van der Waals surface area contributed by atoms with E-state index in [0.29, 0.717) is 24.7 Å². The van der Waals surface area contributed by atoms with Gasteiger partial charge in [-0.15, -0.1) is 0 Å². The van der Waals surface area contributed by atoms with Crippen molar-refractivity contribution in [2.75, 3.05) is 32.6 Å². The summed E-state index contributed by atoms with van der Waals surface area (Å²) in [5.74, 6) is 0.511. The van der Waals surface area contributed by atoms with Crippen LogP contribution in [0.25, 0.3) is 0 Å². The largest absolute Gasteiger partial charge is 0.383 e. The van der Waals surface area contributed by atoms with E-state index in [1.165, 1.54) is 6.20 Å². The zero-order valence-corrected chi connectivity index (χ0v) is 11.3. The Balaban J connectivity index is 2.82. The summed E-state index contributed by atoms with van der Waals surface area (Å²) in [6.45, 7) is 4.99. The highest BCUT2D eigenvalue weighted by atomic mass is 16.5. The predicted octanol–water partition coefficient (Wildman–Crippen LogP) is 1.02. The first-order chi connectivity index (χ1) is 8.63. The molecule has 6 nitrogen and oxygen atoms in total. The molecule has 0 aliphatic heterocycles. The number of aromatic nitrogens is 2. The lowest BCUT2D eigenvalue weighted by Gasteiger charge is -2.27. The molecule has 0 aliphatic carbocycles. The third-order valence-electron chi connectivity index (χ3n) is 2.67. The number of methoxy groups -OCH3 is 1. The number of carbonyl (C=O) groups is 1. The summed E-state index contributed by atoms with van der Waals surface area (Å²) < 4.78 is 5.07. The van der Waals surface area contributed by atoms with E-state index in [0.717, 1.165) is 0 Å². The smallest absolute Gasteiger partial charge is 0.274 e. The summed E-state index contributed by atoms with van der Waals surface area (Å²) in [5, 5.41) is 2.86. The van der Waals surface area contributed by atoms with Crippen LogP contribution in [0.3, 0.4) is 0 Å². The van der Waals surface area contributed by atoms with Crippen molar-refractivity contribution in [2.24, 2.45) is 0 Å². The van der Waals surface area contributed by atoms with Crippen LogP contribution in [0.4, 0.5) is 5.82 Å². The molecule has 100 valence electrons. The number of likely N-dealkylation sites (N-methyl/N-ethyl adjacent to an activating group) is 1. The molecule has 1 aromatic heterocycles. The number of ether oxygens (including phenoxy) is 1. The van der Waals surface area contributed by atoms with Crippen molar-refractivity contribution < 1.29 is 9.53 Å². The van der Waals surface area contributed by atoms with Crippen molar-refractivity contribution in [1.82, 2.24) is 14.9 Å². The molecule has 6 heteroatoms. The zero-order valence-electron chi connectivity index (χ0n) is 11.3. The molecular weight excluding hydrogens is 232 g/mol. The fraction of sp³-hybridized carbons (Fsp3) is 0.583. The van der Waals surface area contributed by atoms with Gasteiger partial charge in [-0.2, -0.15) is 0 Å². The van der Waals surface area contributed by atoms with E-state index in [-0.39, 0.29) is 11.9 Å². The minimum absolute atomic E-state index is 0.0123. The first kappa shape index (κ1) is 14.4. The number of carbonyl (C=O) groups excluding carboxylic acids is 1. The lowest BCUT2D eigenvalue weighted by Crippen LogP contribution is -2.41. The van der Waals surface area contributed by atoms with E-state index in [1.54, 1.807) is 25.3 Å². The van der Waals surface area contributed by atoms with Gasteiger partial charge in [-0.25, -0.2) is 9.97 Å². The molecule has 0 saturated heterocycles. The van der Waals surface area contributed by atoms with E-state index in [4.69, 9.17) is 4.74 Å². The molecule has 0 fully saturated rings. The highest BCUT2D eigenvalue weighted by Crippen LogP contribution is 2.07. The van der Waals surface area contributed by atoms with Gasteiger partial charge in [0.25, 0.3) is 5.91 Å². The monoisotopic (exact) mass is 252 g/mol. The second-order valence-corrected chi connectivity index (χ2v) is 3.93. The summed E-state index contributed by atoms with van der Waals surface area (Å²) >= 11 is 0. The van der Waals surface area contributed by atoms with Crippen LogP contribution in [0.2, 0.25) is 0 Å². The van der Waals surface area contributed by atoms with Crippen molar-refractivity contribution in [3.8, 4) is 0 Å². The molecule has 0 bridgehead atoms. The van der Waals surface area contributed by atoms with Crippen LogP contribution >= 0.6 is 0 Å². The molecule has 0 spiro atoms. The van der Waals surface area contributed by atoms with Crippen LogP contribution < -0.4 is 5.32 Å². The molecule has 0 saturated carbocycles. The average Bonchev–Trinajstić information content (AvgIpc) is 2.40. The highest BCUT2D eigenvalue weighted by Gasteiger charge is 2.21. The van der Waals surface area contributed by atoms with Gasteiger partial charge in [0.15, 0.2) is 0 Å². The molecule has 1 rings (SSSR count). The van der Waals surface area contributed by atoms with Crippen molar-refractivity contribution >= 4 is 11.7 Å². The van der Waals surface area contributed by atoms with Gasteiger partial charge in [0.2, 0.25) is 0 Å². The fourth-order valence-corrected chi connectivity index (χ4v) is 1.70. The highest BCUT2D eigenvalue weighted by molar-refractivity contribution is 5.92. The number of anilines is 1. The van der Waals surface area contributed by atoms with Crippen LogP contribution in [0.1, 0.15) is 24.3 Å². The van der Waals surface area contributed by atoms with Crippen LogP contribution in [0.5, 0.6) is 0 Å². The molecule has 18 heavy (non-hydrogen) atoms. The molecule has 1 unspecified atom stereocenters. The quantitative estimate of drug-likeness (QED) is 0.818. The molecule has 0 aromatic carbocycles. The standard InChI is InChI=1S/C12H20N4O2/c1-5-16(9(2)8-18-4)12(17)10-6-15-11(13-3)7-14-10/h6-7,9H,5,8H2,1-4H3,(H,13,15). The lowest BCUT2D eigenvalue weighted by atomic mass is 10.2. The Bertz CT molecular complexity index is 380. The van der Waals surface area contributed by atoms with Gasteiger partial charge in [0, 0.05) is 20.7 Å². The normalized spacial score (nSPS) is 12.0. The van der Waals surface area contributed by atoms with Crippen LogP contribution in [-0.4, -0.2) is 54.1 Å². The SMILES string of the molecule is CCN(C(=O)c1cnc(NC)cn1)C(C)COC. The minimum Gasteiger partial charge on any atom is -0.383 e. The van der Waals surface area contributed by atoms with E-state index in [1.807, 2.05) is 13.8 Å². The molecule has 1 N–H and O–H groups in total. The number of hydrogen-bond acceptors (Lipinski definition) is 5. The molecule has 0 aliphatic rings. The fourth-order valence-electron chi connectivity index (χ4n) is 1.70. The second kappa shape index (κ2) is 6.90. The topological polar surface area (TPSA) is 67.4 Å². The van der Waals surface area contributed by atoms with E-state index >= 15 is 0 Å². The van der Waals surface area contributed by atoms with E-state index < -0.39 is 0 Å². The summed E-state index contributed by atoms with van der Waals surface area (Å²) in [6.07, 6.45) is 3.03. The van der Waals surface area contributed by atoms with Gasteiger partial charge in [-0.1, -0.05) is 0 Å². The first-order valence-electron chi connectivity index (χ1n) is 5.93. The van der Waals surface area contributed by atoms with Crippen molar-refractivity contribution in [3.05, 3.63) is 18.1 Å². The Kier molecular flexibility index (Phi) is 5.51. The maximum atomic E-state index is 12.2. The Morgan fingerprint density at radius 2 is 2.22 bits per heavy atom. The molecular formula is C12H20N4O2. The lowest BCUT2D eigenvalue weighted by molar-refractivity contribution is 0.0573. The van der Waals surface area contributed by atoms with Crippen molar-refractivity contribution in [2.45, 2.75) is 19.9 Å². The number of nitrogens with one attached hydrogen (secondary N) is 1. The average molecular weight is 252 g/mol. The van der Waals surface area contributed by atoms with Gasteiger partial charge in [0.05, 0.1) is 25.0 Å². The van der Waals surface area contributed by atoms with Gasteiger partial charge >= 0.3 is 0 Å². The summed E-state index contributed by atoms with van der Waals surface area (Å²) in [6, 6.07) is 0.0123. The van der Waals surface area contributed by atoms with E-state index in [9.17, 15) is 4.79 Å². The predicted molar refractivity (Wildman–Crippen MR) is 69.6 cm³/mol. The van der Waals surface area contributed by atoms with Crippen LogP contribution in [0.15, 0.2) is 12.4 Å². The Hall–Kier alpha value is -1.69. The molecule has 1 amide bonds. The van der Waals surface area contributed by atoms with Crippen LogP contribution in [0, 0.1) is 0 Å². The van der Waals surface area contributed by atoms with Gasteiger partial charge in [-0.3, -0.25) is 4.79 Å². The summed E-state index contributed by atoms with van der Waals surface area (Å²) in [7, 11) is 3.38. The number of hydrogen-bond donors (Lipinski definition) is 1. The molecule has 1 heterocycles. The van der Waals surface area contributed by atoms with Gasteiger partial charge < -0.3 is 15.0 Å². The summed E-state index contributed by atoms with van der Waals surface area (Å²) in [5.41, 5.74) is 0.346. The minimum atomic E-state index is -0.128.